The van der Waals surface area contributed by atoms with E-state index in [9.17, 15) is 9.59 Å². The van der Waals surface area contributed by atoms with Crippen molar-refractivity contribution in [1.82, 2.24) is 0 Å². The smallest absolute Gasteiger partial charge is 0.185 e. The van der Waals surface area contributed by atoms with Gasteiger partial charge >= 0.3 is 0 Å². The Hall–Kier alpha value is -1.22. The van der Waals surface area contributed by atoms with Crippen LogP contribution in [0.3, 0.4) is 0 Å². The second-order valence-corrected chi connectivity index (χ2v) is 6.31. The van der Waals surface area contributed by atoms with Crippen LogP contribution in [0.25, 0.3) is 0 Å². The van der Waals surface area contributed by atoms with E-state index in [0.29, 0.717) is 23.3 Å². The van der Waals surface area contributed by atoms with E-state index in [1.807, 2.05) is 0 Å². The van der Waals surface area contributed by atoms with Gasteiger partial charge in [0.2, 0.25) is 0 Å². The van der Waals surface area contributed by atoms with E-state index in [2.05, 4.69) is 0 Å². The van der Waals surface area contributed by atoms with Crippen LogP contribution in [0.2, 0.25) is 0 Å². The fourth-order valence-electron chi connectivity index (χ4n) is 2.93. The summed E-state index contributed by atoms with van der Waals surface area (Å²) in [5.41, 5.74) is 2.61. The van der Waals surface area contributed by atoms with Crippen LogP contribution in [-0.2, 0) is 9.59 Å². The number of carbonyl (C=O) groups is 2. The number of hydrogen-bond acceptors (Lipinski definition) is 3. The normalized spacial score (nSPS) is 16.0. The topological polar surface area (TPSA) is 54.4 Å². The molecule has 0 fully saturated rings. The fraction of sp³-hybridized carbons (Fsp3) is 0.684. The summed E-state index contributed by atoms with van der Waals surface area (Å²) in [4.78, 5) is 24.3. The Bertz CT molecular complexity index is 469. The predicted molar refractivity (Wildman–Crippen MR) is 89.7 cm³/mol. The van der Waals surface area contributed by atoms with Crippen molar-refractivity contribution in [3.05, 3.63) is 22.3 Å². The molecule has 0 aliphatic heterocycles. The molecule has 3 nitrogen and oxygen atoms in total. The Balaban J connectivity index is 2.28. The molecule has 0 atom stereocenters. The van der Waals surface area contributed by atoms with Crippen molar-refractivity contribution in [2.45, 2.75) is 78.6 Å². The third-order valence-corrected chi connectivity index (χ3v) is 4.65. The van der Waals surface area contributed by atoms with Gasteiger partial charge in [-0.2, -0.15) is 0 Å². The lowest BCUT2D eigenvalue weighted by Gasteiger charge is -2.18. The van der Waals surface area contributed by atoms with Crippen molar-refractivity contribution >= 4 is 11.6 Å². The van der Waals surface area contributed by atoms with Gasteiger partial charge in [-0.05, 0) is 40.0 Å². The number of aliphatic hydroxyl groups excluding tert-OH is 1. The van der Waals surface area contributed by atoms with E-state index in [1.54, 1.807) is 20.8 Å². The lowest BCUT2D eigenvalue weighted by molar-refractivity contribution is -0.116. The molecule has 0 radical (unpaired) electrons. The minimum Gasteiger partial charge on any atom is -0.396 e. The van der Waals surface area contributed by atoms with Crippen LogP contribution in [0.15, 0.2) is 22.3 Å². The predicted octanol–water partition coefficient (Wildman–Crippen LogP) is 4.29. The zero-order valence-corrected chi connectivity index (χ0v) is 14.3. The van der Waals surface area contributed by atoms with Gasteiger partial charge in [-0.3, -0.25) is 9.59 Å². The molecule has 0 spiro atoms. The molecule has 0 saturated heterocycles. The average molecular weight is 306 g/mol. The quantitative estimate of drug-likeness (QED) is 0.484. The molecule has 0 unspecified atom stereocenters. The van der Waals surface area contributed by atoms with Gasteiger partial charge in [0.1, 0.15) is 0 Å². The first-order chi connectivity index (χ1) is 10.5. The molecular formula is C19H30O3. The molecule has 0 bridgehead atoms. The molecule has 124 valence electrons. The number of ketones is 2. The number of hydrogen-bond donors (Lipinski definition) is 1. The van der Waals surface area contributed by atoms with Crippen LogP contribution in [0, 0.1) is 0 Å². The maximum Gasteiger partial charge on any atom is 0.185 e. The second-order valence-electron chi connectivity index (χ2n) is 6.31. The van der Waals surface area contributed by atoms with Gasteiger partial charge in [0.15, 0.2) is 11.6 Å². The largest absolute Gasteiger partial charge is 0.396 e. The number of rotatable bonds is 10. The van der Waals surface area contributed by atoms with E-state index in [1.165, 1.54) is 25.7 Å². The number of aliphatic hydroxyl groups is 1. The molecule has 0 heterocycles. The Morgan fingerprint density at radius 3 is 1.64 bits per heavy atom. The SMILES string of the molecule is CC1=C(C)C(=O)C(CCCCCCCCCCO)=C(C)C1=O. The fourth-order valence-corrected chi connectivity index (χ4v) is 2.93. The molecule has 0 amide bonds. The van der Waals surface area contributed by atoms with Crippen LogP contribution in [0.5, 0.6) is 0 Å². The molecule has 0 aromatic rings. The maximum atomic E-state index is 12.3. The van der Waals surface area contributed by atoms with Crippen molar-refractivity contribution in [2.75, 3.05) is 6.61 Å². The average Bonchev–Trinajstić information content (AvgIpc) is 2.52. The van der Waals surface area contributed by atoms with Crippen molar-refractivity contribution in [1.29, 1.82) is 0 Å². The van der Waals surface area contributed by atoms with Gasteiger partial charge in [0.05, 0.1) is 0 Å². The third kappa shape index (κ3) is 5.20. The van der Waals surface area contributed by atoms with Crippen LogP contribution < -0.4 is 0 Å². The van der Waals surface area contributed by atoms with Crippen LogP contribution >= 0.6 is 0 Å². The summed E-state index contributed by atoms with van der Waals surface area (Å²) >= 11 is 0. The number of unbranched alkanes of at least 4 members (excludes halogenated alkanes) is 7. The molecule has 22 heavy (non-hydrogen) atoms. The first kappa shape index (κ1) is 18.8. The summed E-state index contributed by atoms with van der Waals surface area (Å²) in [6.45, 7) is 5.59. The lowest BCUT2D eigenvalue weighted by Crippen LogP contribution is -2.20. The first-order valence-electron chi connectivity index (χ1n) is 8.58. The first-order valence-corrected chi connectivity index (χ1v) is 8.58. The van der Waals surface area contributed by atoms with E-state index in [4.69, 9.17) is 5.11 Å². The number of allylic oxidation sites excluding steroid dienone is 4. The second kappa shape index (κ2) is 9.73. The summed E-state index contributed by atoms with van der Waals surface area (Å²) in [7, 11) is 0. The summed E-state index contributed by atoms with van der Waals surface area (Å²) < 4.78 is 0. The Kier molecular flexibility index (Phi) is 8.32. The number of carbonyl (C=O) groups excluding carboxylic acids is 2. The molecule has 3 heteroatoms. The third-order valence-electron chi connectivity index (χ3n) is 4.65. The van der Waals surface area contributed by atoms with Crippen molar-refractivity contribution in [3.8, 4) is 0 Å². The Labute approximate surface area is 134 Å². The molecule has 1 aliphatic carbocycles. The van der Waals surface area contributed by atoms with Gasteiger partial charge in [-0.25, -0.2) is 0 Å². The van der Waals surface area contributed by atoms with Crippen LogP contribution in [0.1, 0.15) is 78.6 Å². The molecular weight excluding hydrogens is 276 g/mol. The molecule has 1 aliphatic rings. The highest BCUT2D eigenvalue weighted by molar-refractivity contribution is 6.24. The standard InChI is InChI=1S/C19H30O3/c1-14-15(2)19(22)17(16(3)18(14)21)12-10-8-6-4-5-7-9-11-13-20/h20H,4-13H2,1-3H3. The van der Waals surface area contributed by atoms with Gasteiger partial charge in [-0.15, -0.1) is 0 Å². The van der Waals surface area contributed by atoms with Crippen molar-refractivity contribution in [3.63, 3.8) is 0 Å². The molecule has 0 saturated carbocycles. The monoisotopic (exact) mass is 306 g/mol. The molecule has 0 aromatic heterocycles. The zero-order valence-electron chi connectivity index (χ0n) is 14.3. The van der Waals surface area contributed by atoms with E-state index >= 15 is 0 Å². The summed E-state index contributed by atoms with van der Waals surface area (Å²) in [6, 6.07) is 0. The summed E-state index contributed by atoms with van der Waals surface area (Å²) in [5, 5.41) is 8.70. The number of Topliss-reactive ketones (excluding diaryl/α,β-unsaturated/α-hetero) is 2. The van der Waals surface area contributed by atoms with Gasteiger partial charge < -0.3 is 5.11 Å². The van der Waals surface area contributed by atoms with Crippen molar-refractivity contribution < 1.29 is 14.7 Å². The molecule has 0 aromatic carbocycles. The van der Waals surface area contributed by atoms with Gasteiger partial charge in [0, 0.05) is 28.9 Å². The lowest BCUT2D eigenvalue weighted by atomic mass is 9.84. The Morgan fingerprint density at radius 1 is 0.636 bits per heavy atom. The van der Waals surface area contributed by atoms with E-state index < -0.39 is 0 Å². The van der Waals surface area contributed by atoms with Gasteiger partial charge in [0.25, 0.3) is 0 Å². The minimum absolute atomic E-state index is 0.0379. The van der Waals surface area contributed by atoms with E-state index in [0.717, 1.165) is 37.7 Å². The maximum absolute atomic E-state index is 12.3. The van der Waals surface area contributed by atoms with Crippen LogP contribution in [0.4, 0.5) is 0 Å². The zero-order chi connectivity index (χ0) is 16.5. The van der Waals surface area contributed by atoms with Crippen LogP contribution in [-0.4, -0.2) is 23.3 Å². The highest BCUT2D eigenvalue weighted by Crippen LogP contribution is 2.27. The summed E-state index contributed by atoms with van der Waals surface area (Å²) in [5.74, 6) is 0.106. The highest BCUT2D eigenvalue weighted by Gasteiger charge is 2.26. The molecule has 1 N–H and O–H groups in total. The van der Waals surface area contributed by atoms with Gasteiger partial charge in [-0.1, -0.05) is 38.5 Å². The minimum atomic E-state index is 0.0379. The molecule has 1 rings (SSSR count). The van der Waals surface area contributed by atoms with Crippen molar-refractivity contribution in [2.24, 2.45) is 0 Å². The Morgan fingerprint density at radius 2 is 1.09 bits per heavy atom. The van der Waals surface area contributed by atoms with E-state index in [-0.39, 0.29) is 11.6 Å². The summed E-state index contributed by atoms with van der Waals surface area (Å²) in [6.07, 6.45) is 9.66. The highest BCUT2D eigenvalue weighted by atomic mass is 16.2.